The van der Waals surface area contributed by atoms with Crippen LogP contribution in [0.4, 0.5) is 10.5 Å². The zero-order valence-corrected chi connectivity index (χ0v) is 21.9. The quantitative estimate of drug-likeness (QED) is 0.390. The van der Waals surface area contributed by atoms with Crippen LogP contribution in [-0.4, -0.2) is 48.0 Å². The first kappa shape index (κ1) is 25.5. The van der Waals surface area contributed by atoms with Crippen molar-refractivity contribution in [1.82, 2.24) is 9.80 Å². The summed E-state index contributed by atoms with van der Waals surface area (Å²) in [6, 6.07) is 15.2. The van der Waals surface area contributed by atoms with Crippen LogP contribution >= 0.6 is 11.3 Å². The molecule has 0 aliphatic carbocycles. The third-order valence-corrected chi connectivity index (χ3v) is 7.40. The van der Waals surface area contributed by atoms with Crippen molar-refractivity contribution < 1.29 is 14.3 Å². The van der Waals surface area contributed by atoms with Gasteiger partial charge in [0.05, 0.1) is 6.04 Å². The number of nitrogens with one attached hydrogen (secondary N) is 1. The summed E-state index contributed by atoms with van der Waals surface area (Å²) < 4.78 is 6.23. The monoisotopic (exact) mass is 503 g/mol. The van der Waals surface area contributed by atoms with E-state index < -0.39 is 0 Å². The first-order valence-electron chi connectivity index (χ1n) is 12.1. The number of urea groups is 1. The van der Waals surface area contributed by atoms with E-state index >= 15 is 0 Å². The maximum absolute atomic E-state index is 13.6. The fourth-order valence-corrected chi connectivity index (χ4v) is 5.40. The van der Waals surface area contributed by atoms with Crippen molar-refractivity contribution in [2.75, 3.05) is 31.6 Å². The van der Waals surface area contributed by atoms with Gasteiger partial charge in [0.1, 0.15) is 18.9 Å². The number of aryl methyl sites for hydroxylation is 3. The van der Waals surface area contributed by atoms with E-state index in [-0.39, 0.29) is 31.1 Å². The van der Waals surface area contributed by atoms with Gasteiger partial charge in [0, 0.05) is 23.7 Å². The Morgan fingerprint density at radius 3 is 2.61 bits per heavy atom. The summed E-state index contributed by atoms with van der Waals surface area (Å²) >= 11 is 1.72. The Morgan fingerprint density at radius 2 is 1.89 bits per heavy atom. The molecule has 1 unspecified atom stereocenters. The summed E-state index contributed by atoms with van der Waals surface area (Å²) in [6.07, 6.45) is 2.44. The van der Waals surface area contributed by atoms with Gasteiger partial charge in [0.25, 0.3) is 0 Å². The second-order valence-electron chi connectivity index (χ2n) is 9.20. The number of hydrogen-bond donors (Lipinski definition) is 1. The fourth-order valence-electron chi connectivity index (χ4n) is 4.47. The predicted octanol–water partition coefficient (Wildman–Crippen LogP) is 5.90. The van der Waals surface area contributed by atoms with Gasteiger partial charge in [-0.05, 0) is 68.0 Å². The molecule has 0 saturated carbocycles. The summed E-state index contributed by atoms with van der Waals surface area (Å²) in [5.74, 6) is 0.711. The molecule has 0 radical (unpaired) electrons. The van der Waals surface area contributed by atoms with E-state index in [4.69, 9.17) is 4.74 Å². The van der Waals surface area contributed by atoms with Crippen LogP contribution in [0.3, 0.4) is 0 Å². The summed E-state index contributed by atoms with van der Waals surface area (Å²) in [6.45, 7) is 11.0. The lowest BCUT2D eigenvalue weighted by Crippen LogP contribution is -2.48. The minimum Gasteiger partial charge on any atom is -0.491 e. The maximum Gasteiger partial charge on any atom is 0.322 e. The molecule has 0 bridgehead atoms. The smallest absolute Gasteiger partial charge is 0.322 e. The van der Waals surface area contributed by atoms with Crippen LogP contribution in [-0.2, 0) is 11.2 Å². The Kier molecular flexibility index (Phi) is 8.10. The minimum absolute atomic E-state index is 0.0384. The van der Waals surface area contributed by atoms with Gasteiger partial charge in [-0.3, -0.25) is 4.79 Å². The zero-order valence-electron chi connectivity index (χ0n) is 21.1. The summed E-state index contributed by atoms with van der Waals surface area (Å²) in [5.41, 5.74) is 5.18. The van der Waals surface area contributed by atoms with Crippen LogP contribution in [0, 0.1) is 20.8 Å². The Morgan fingerprint density at radius 1 is 1.14 bits per heavy atom. The first-order valence-corrected chi connectivity index (χ1v) is 13.0. The number of carbonyl (C=O) groups excluding carboxylic acids is 2. The van der Waals surface area contributed by atoms with E-state index in [1.807, 2.05) is 55.1 Å². The number of carbonyl (C=O) groups is 2. The largest absolute Gasteiger partial charge is 0.491 e. The van der Waals surface area contributed by atoms with Gasteiger partial charge in [-0.1, -0.05) is 41.5 Å². The van der Waals surface area contributed by atoms with Gasteiger partial charge in [-0.2, -0.15) is 0 Å². The average Bonchev–Trinajstić information content (AvgIpc) is 3.33. The summed E-state index contributed by atoms with van der Waals surface area (Å²) in [5, 5.41) is 4.96. The number of nitrogens with zero attached hydrogens (tertiary/aromatic N) is 2. The SMILES string of the molecule is C=CCN(CC(=O)N1CCc2sccc2C1COc1ccc(C)cc1C)C(=O)Nc1ccc(C)cc1. The Bertz CT molecular complexity index is 1230. The predicted molar refractivity (Wildman–Crippen MR) is 146 cm³/mol. The molecule has 3 amide bonds. The second kappa shape index (κ2) is 11.4. The number of amides is 3. The van der Waals surface area contributed by atoms with E-state index in [1.165, 1.54) is 15.3 Å². The molecule has 1 atom stereocenters. The average molecular weight is 504 g/mol. The summed E-state index contributed by atoms with van der Waals surface area (Å²) in [7, 11) is 0. The lowest BCUT2D eigenvalue weighted by atomic mass is 10.0. The Hall–Kier alpha value is -3.58. The zero-order chi connectivity index (χ0) is 25.7. The fraction of sp³-hybridized carbons (Fsp3) is 0.310. The molecule has 1 aliphatic rings. The van der Waals surface area contributed by atoms with Crippen molar-refractivity contribution in [2.45, 2.75) is 33.2 Å². The maximum atomic E-state index is 13.6. The van der Waals surface area contributed by atoms with Crippen LogP contribution in [0.25, 0.3) is 0 Å². The second-order valence-corrected chi connectivity index (χ2v) is 10.2. The highest BCUT2D eigenvalue weighted by Gasteiger charge is 2.33. The molecule has 4 rings (SSSR count). The molecular formula is C29H33N3O3S. The van der Waals surface area contributed by atoms with E-state index in [2.05, 4.69) is 36.3 Å². The standard InChI is InChI=1S/C29H33N3O3S/c1-5-14-31(29(34)30-23-9-6-20(2)7-10-23)18-28(33)32-15-12-27-24(13-16-36-27)25(32)19-35-26-11-8-21(3)17-22(26)4/h5-11,13,16-17,25H,1,12,14-15,18-19H2,2-4H3,(H,30,34). The number of ether oxygens (including phenoxy) is 1. The van der Waals surface area contributed by atoms with Crippen LogP contribution in [0.15, 0.2) is 66.6 Å². The molecule has 0 saturated heterocycles. The number of thiophene rings is 1. The van der Waals surface area contributed by atoms with E-state index in [0.717, 1.165) is 28.9 Å². The Balaban J connectivity index is 1.49. The van der Waals surface area contributed by atoms with E-state index in [1.54, 1.807) is 17.4 Å². The minimum atomic E-state index is -0.330. The summed E-state index contributed by atoms with van der Waals surface area (Å²) in [4.78, 5) is 31.2. The molecule has 3 aromatic rings. The molecule has 0 spiro atoms. The van der Waals surface area contributed by atoms with Gasteiger partial charge < -0.3 is 19.9 Å². The van der Waals surface area contributed by atoms with Gasteiger partial charge >= 0.3 is 6.03 Å². The molecule has 36 heavy (non-hydrogen) atoms. The van der Waals surface area contributed by atoms with Crippen molar-refractivity contribution >= 4 is 29.0 Å². The molecule has 2 aromatic carbocycles. The van der Waals surface area contributed by atoms with Gasteiger partial charge in [0.15, 0.2) is 0 Å². The number of rotatable bonds is 8. The highest BCUT2D eigenvalue weighted by molar-refractivity contribution is 7.10. The Labute approximate surface area is 217 Å². The third kappa shape index (κ3) is 5.97. The van der Waals surface area contributed by atoms with Crippen molar-refractivity contribution in [1.29, 1.82) is 0 Å². The van der Waals surface area contributed by atoms with Crippen molar-refractivity contribution in [3.63, 3.8) is 0 Å². The first-order chi connectivity index (χ1) is 17.4. The van der Waals surface area contributed by atoms with Gasteiger partial charge in [0.2, 0.25) is 5.91 Å². The van der Waals surface area contributed by atoms with Crippen LogP contribution < -0.4 is 10.1 Å². The lowest BCUT2D eigenvalue weighted by molar-refractivity contribution is -0.135. The molecule has 188 valence electrons. The molecule has 1 aromatic heterocycles. The molecule has 1 N–H and O–H groups in total. The van der Waals surface area contributed by atoms with Crippen molar-refractivity contribution in [3.8, 4) is 5.75 Å². The van der Waals surface area contributed by atoms with Crippen LogP contribution in [0.5, 0.6) is 5.75 Å². The van der Waals surface area contributed by atoms with E-state index in [0.29, 0.717) is 18.8 Å². The molecular weight excluding hydrogens is 470 g/mol. The normalized spacial score (nSPS) is 14.6. The number of fused-ring (bicyclic) bond motifs is 1. The van der Waals surface area contributed by atoms with Crippen LogP contribution in [0.1, 0.15) is 33.2 Å². The topological polar surface area (TPSA) is 61.9 Å². The third-order valence-electron chi connectivity index (χ3n) is 6.41. The lowest BCUT2D eigenvalue weighted by Gasteiger charge is -2.37. The molecule has 2 heterocycles. The molecule has 7 heteroatoms. The highest BCUT2D eigenvalue weighted by atomic mass is 32.1. The highest BCUT2D eigenvalue weighted by Crippen LogP contribution is 2.34. The van der Waals surface area contributed by atoms with Gasteiger partial charge in [-0.25, -0.2) is 4.79 Å². The molecule has 6 nitrogen and oxygen atoms in total. The molecule has 0 fully saturated rings. The number of benzene rings is 2. The van der Waals surface area contributed by atoms with Crippen molar-refractivity contribution in [2.24, 2.45) is 0 Å². The van der Waals surface area contributed by atoms with Crippen molar-refractivity contribution in [3.05, 3.63) is 93.7 Å². The van der Waals surface area contributed by atoms with Gasteiger partial charge in [-0.15, -0.1) is 17.9 Å². The van der Waals surface area contributed by atoms with Crippen LogP contribution in [0.2, 0.25) is 0 Å². The van der Waals surface area contributed by atoms with E-state index in [9.17, 15) is 9.59 Å². The number of hydrogen-bond acceptors (Lipinski definition) is 4. The molecule has 1 aliphatic heterocycles. The number of anilines is 1.